The molecule has 0 atom stereocenters. The smallest absolute Gasteiger partial charge is 0.272 e. The second-order valence-corrected chi connectivity index (χ2v) is 5.19. The largest absolute Gasteiger partial charge is 0.488 e. The van der Waals surface area contributed by atoms with Gasteiger partial charge in [0.2, 0.25) is 0 Å². The molecule has 0 bridgehead atoms. The summed E-state index contributed by atoms with van der Waals surface area (Å²) < 4.78 is 32.9. The minimum Gasteiger partial charge on any atom is -0.488 e. The first-order valence-electron chi connectivity index (χ1n) is 6.69. The van der Waals surface area contributed by atoms with Gasteiger partial charge in [0.05, 0.1) is 5.69 Å². The Bertz CT molecular complexity index is 634. The maximum absolute atomic E-state index is 12.1. The second-order valence-electron chi connectivity index (χ2n) is 4.43. The van der Waals surface area contributed by atoms with Gasteiger partial charge >= 0.3 is 0 Å². The van der Waals surface area contributed by atoms with E-state index in [1.165, 1.54) is 0 Å². The van der Waals surface area contributed by atoms with Gasteiger partial charge < -0.3 is 10.1 Å². The molecule has 1 aromatic carbocycles. The molecule has 8 heteroatoms. The number of carbonyl (C=O) groups excluding carboxylic acids is 1. The van der Waals surface area contributed by atoms with Crippen molar-refractivity contribution < 1.29 is 18.3 Å². The summed E-state index contributed by atoms with van der Waals surface area (Å²) in [6.45, 7) is 1.52. The first-order valence-corrected chi connectivity index (χ1v) is 7.46. The van der Waals surface area contributed by atoms with Crippen LogP contribution in [0.2, 0.25) is 0 Å². The normalized spacial score (nSPS) is 10.7. The van der Waals surface area contributed by atoms with Crippen LogP contribution in [0.4, 0.5) is 8.78 Å². The van der Waals surface area contributed by atoms with Gasteiger partial charge in [0.1, 0.15) is 17.2 Å². The van der Waals surface area contributed by atoms with Gasteiger partial charge in [0.15, 0.2) is 0 Å². The lowest BCUT2D eigenvalue weighted by molar-refractivity contribution is 0.0818. The molecule has 0 saturated heterocycles. The van der Waals surface area contributed by atoms with Crippen molar-refractivity contribution in [3.63, 3.8) is 0 Å². The average Bonchev–Trinajstić information content (AvgIpc) is 2.99. The number of benzene rings is 1. The highest BCUT2D eigenvalue weighted by Gasteiger charge is 2.14. The van der Waals surface area contributed by atoms with Gasteiger partial charge in [0, 0.05) is 6.54 Å². The standard InChI is InChI=1S/C14H15F2N3O2S/c1-2-11-13(22-19-18-11)14(20)17-7-9-4-3-5-10(6-9)21-8-12(15)16/h3-6,12H,2,7-8H2,1H3,(H,17,20). The molecule has 0 aliphatic heterocycles. The summed E-state index contributed by atoms with van der Waals surface area (Å²) in [5, 5.41) is 6.64. The lowest BCUT2D eigenvalue weighted by Gasteiger charge is -2.08. The van der Waals surface area contributed by atoms with E-state index in [1.54, 1.807) is 24.3 Å². The van der Waals surface area contributed by atoms with Crippen molar-refractivity contribution in [3.8, 4) is 5.75 Å². The van der Waals surface area contributed by atoms with Gasteiger partial charge in [-0.05, 0) is 35.6 Å². The number of aryl methyl sites for hydroxylation is 1. The van der Waals surface area contributed by atoms with Crippen LogP contribution in [0, 0.1) is 0 Å². The SMILES string of the molecule is CCc1nnsc1C(=O)NCc1cccc(OCC(F)F)c1. The quantitative estimate of drug-likeness (QED) is 0.849. The van der Waals surface area contributed by atoms with Crippen LogP contribution in [0.1, 0.15) is 27.9 Å². The number of carbonyl (C=O) groups is 1. The summed E-state index contributed by atoms with van der Waals surface area (Å²) >= 11 is 1.05. The third-order valence-corrected chi connectivity index (χ3v) is 3.59. The summed E-state index contributed by atoms with van der Waals surface area (Å²) in [6.07, 6.45) is -1.88. The number of alkyl halides is 2. The molecule has 5 nitrogen and oxygen atoms in total. The Balaban J connectivity index is 1.94. The molecular formula is C14H15F2N3O2S. The minimum absolute atomic E-state index is 0.245. The number of hydrogen-bond donors (Lipinski definition) is 1. The van der Waals surface area contributed by atoms with Crippen LogP contribution >= 0.6 is 11.5 Å². The van der Waals surface area contributed by atoms with Crippen molar-refractivity contribution in [2.75, 3.05) is 6.61 Å². The molecule has 0 aliphatic rings. The van der Waals surface area contributed by atoms with Crippen LogP contribution in [0.25, 0.3) is 0 Å². The monoisotopic (exact) mass is 327 g/mol. The molecular weight excluding hydrogens is 312 g/mol. The predicted octanol–water partition coefficient (Wildman–Crippen LogP) is 2.67. The minimum atomic E-state index is -2.52. The predicted molar refractivity (Wildman–Crippen MR) is 78.4 cm³/mol. The summed E-state index contributed by atoms with van der Waals surface area (Å²) in [4.78, 5) is 12.5. The van der Waals surface area contributed by atoms with Crippen molar-refractivity contribution in [3.05, 3.63) is 40.4 Å². The van der Waals surface area contributed by atoms with Crippen LogP contribution in [-0.2, 0) is 13.0 Å². The van der Waals surface area contributed by atoms with Crippen molar-refractivity contribution in [1.82, 2.24) is 14.9 Å². The maximum Gasteiger partial charge on any atom is 0.272 e. The highest BCUT2D eigenvalue weighted by atomic mass is 32.1. The van der Waals surface area contributed by atoms with E-state index in [0.29, 0.717) is 22.7 Å². The molecule has 0 radical (unpaired) electrons. The maximum atomic E-state index is 12.1. The van der Waals surface area contributed by atoms with Crippen molar-refractivity contribution >= 4 is 17.4 Å². The number of ether oxygens (including phenoxy) is 1. The number of nitrogens with zero attached hydrogens (tertiary/aromatic N) is 2. The highest BCUT2D eigenvalue weighted by Crippen LogP contribution is 2.15. The fraction of sp³-hybridized carbons (Fsp3) is 0.357. The summed E-state index contributed by atoms with van der Waals surface area (Å²) in [5.41, 5.74) is 1.42. The van der Waals surface area contributed by atoms with E-state index in [-0.39, 0.29) is 12.5 Å². The molecule has 0 fully saturated rings. The Morgan fingerprint density at radius 3 is 3.00 bits per heavy atom. The van der Waals surface area contributed by atoms with E-state index < -0.39 is 13.0 Å². The number of rotatable bonds is 7. The fourth-order valence-corrected chi connectivity index (χ4v) is 2.45. The third kappa shape index (κ3) is 4.45. The first kappa shape index (κ1) is 16.3. The van der Waals surface area contributed by atoms with Gasteiger partial charge in [-0.15, -0.1) is 5.10 Å². The molecule has 1 heterocycles. The molecule has 1 amide bonds. The topological polar surface area (TPSA) is 64.1 Å². The van der Waals surface area contributed by atoms with Crippen molar-refractivity contribution in [2.24, 2.45) is 0 Å². The number of aromatic nitrogens is 2. The number of halogens is 2. The Morgan fingerprint density at radius 1 is 1.45 bits per heavy atom. The van der Waals surface area contributed by atoms with E-state index in [4.69, 9.17) is 4.74 Å². The molecule has 2 rings (SSSR count). The lowest BCUT2D eigenvalue weighted by atomic mass is 10.2. The van der Waals surface area contributed by atoms with Crippen LogP contribution < -0.4 is 10.1 Å². The Hall–Kier alpha value is -2.09. The van der Waals surface area contributed by atoms with Gasteiger partial charge in [-0.2, -0.15) is 0 Å². The molecule has 1 N–H and O–H groups in total. The molecule has 1 aromatic heterocycles. The molecule has 2 aromatic rings. The summed E-state index contributed by atoms with van der Waals surface area (Å²) in [5.74, 6) is 0.103. The fourth-order valence-electron chi connectivity index (χ4n) is 1.78. The number of nitrogens with one attached hydrogen (secondary N) is 1. The van der Waals surface area contributed by atoms with Gasteiger partial charge in [0.25, 0.3) is 12.3 Å². The Morgan fingerprint density at radius 2 is 2.27 bits per heavy atom. The molecule has 0 saturated carbocycles. The zero-order valence-corrected chi connectivity index (χ0v) is 12.7. The Labute approximate surface area is 130 Å². The van der Waals surface area contributed by atoms with E-state index in [1.807, 2.05) is 6.92 Å². The number of hydrogen-bond acceptors (Lipinski definition) is 5. The zero-order valence-electron chi connectivity index (χ0n) is 11.9. The number of amides is 1. The molecule has 0 spiro atoms. The highest BCUT2D eigenvalue weighted by molar-refractivity contribution is 7.08. The van der Waals surface area contributed by atoms with Gasteiger partial charge in [-0.25, -0.2) is 8.78 Å². The van der Waals surface area contributed by atoms with Crippen LogP contribution in [0.15, 0.2) is 24.3 Å². The lowest BCUT2D eigenvalue weighted by Crippen LogP contribution is -2.23. The van der Waals surface area contributed by atoms with Crippen LogP contribution in [0.3, 0.4) is 0 Å². The molecule has 22 heavy (non-hydrogen) atoms. The van der Waals surface area contributed by atoms with Crippen molar-refractivity contribution in [1.29, 1.82) is 0 Å². The molecule has 118 valence electrons. The third-order valence-electron chi connectivity index (χ3n) is 2.82. The summed E-state index contributed by atoms with van der Waals surface area (Å²) in [6, 6.07) is 6.68. The van der Waals surface area contributed by atoms with Gasteiger partial charge in [-0.1, -0.05) is 23.5 Å². The molecule has 0 unspecified atom stereocenters. The summed E-state index contributed by atoms with van der Waals surface area (Å²) in [7, 11) is 0. The van der Waals surface area contributed by atoms with Crippen LogP contribution in [-0.4, -0.2) is 28.5 Å². The average molecular weight is 327 g/mol. The first-order chi connectivity index (χ1) is 10.6. The van der Waals surface area contributed by atoms with E-state index in [0.717, 1.165) is 17.1 Å². The molecule has 0 aliphatic carbocycles. The zero-order chi connectivity index (χ0) is 15.9. The van der Waals surface area contributed by atoms with Crippen LogP contribution in [0.5, 0.6) is 5.75 Å². The van der Waals surface area contributed by atoms with Crippen molar-refractivity contribution in [2.45, 2.75) is 26.3 Å². The van der Waals surface area contributed by atoms with E-state index in [2.05, 4.69) is 14.9 Å². The van der Waals surface area contributed by atoms with Gasteiger partial charge in [-0.3, -0.25) is 4.79 Å². The second kappa shape index (κ2) is 7.79. The Kier molecular flexibility index (Phi) is 5.76. The van der Waals surface area contributed by atoms with E-state index in [9.17, 15) is 13.6 Å². The van der Waals surface area contributed by atoms with E-state index >= 15 is 0 Å².